The Hall–Kier alpha value is -1.99. The summed E-state index contributed by atoms with van der Waals surface area (Å²) < 4.78 is 7.91. The van der Waals surface area contributed by atoms with Crippen molar-refractivity contribution in [1.82, 2.24) is 14.5 Å². The number of rotatable bonds is 1. The first-order valence-corrected chi connectivity index (χ1v) is 10.8. The number of benzene rings is 1. The molecule has 148 valence electrons. The number of halogens is 2. The zero-order valence-electron chi connectivity index (χ0n) is 16.0. The molecule has 8 heteroatoms. The van der Waals surface area contributed by atoms with Crippen molar-refractivity contribution < 1.29 is 4.74 Å². The molecule has 5 rings (SSSR count). The van der Waals surface area contributed by atoms with Crippen molar-refractivity contribution in [3.8, 4) is 5.69 Å². The van der Waals surface area contributed by atoms with Gasteiger partial charge in [-0.25, -0.2) is 14.5 Å². The van der Waals surface area contributed by atoms with Gasteiger partial charge in [0.25, 0.3) is 5.56 Å². The fourth-order valence-electron chi connectivity index (χ4n) is 3.90. The summed E-state index contributed by atoms with van der Waals surface area (Å²) in [7, 11) is 0. The van der Waals surface area contributed by atoms with Crippen LogP contribution in [0.15, 0.2) is 29.1 Å². The third-order valence-corrected chi connectivity index (χ3v) is 6.85. The highest BCUT2D eigenvalue weighted by atomic mass is 35.5. The lowest BCUT2D eigenvalue weighted by Crippen LogP contribution is -2.32. The number of aromatic nitrogens is 3. The van der Waals surface area contributed by atoms with Crippen LogP contribution >= 0.6 is 34.5 Å². The van der Waals surface area contributed by atoms with Crippen molar-refractivity contribution >= 4 is 55.0 Å². The van der Waals surface area contributed by atoms with Gasteiger partial charge in [0.2, 0.25) is 5.28 Å². The van der Waals surface area contributed by atoms with Gasteiger partial charge in [-0.2, -0.15) is 0 Å². The molecule has 1 aromatic carbocycles. The molecular formula is C21H17Cl2N3O2S. The molecule has 29 heavy (non-hydrogen) atoms. The SMILES string of the molecule is Cc1nc2sc3c(=O)n(-c4cccc(Cl)c4)c(Cl)nc3c2c2c1COC(C)(C)C2. The molecule has 1 aliphatic rings. The highest BCUT2D eigenvalue weighted by Gasteiger charge is 2.31. The van der Waals surface area contributed by atoms with Gasteiger partial charge in [-0.05, 0) is 56.1 Å². The fraction of sp³-hybridized carbons (Fsp3) is 0.286. The number of hydrogen-bond donors (Lipinski definition) is 0. The second-order valence-electron chi connectivity index (χ2n) is 7.84. The smallest absolute Gasteiger partial charge is 0.277 e. The van der Waals surface area contributed by atoms with E-state index in [1.165, 1.54) is 15.9 Å². The molecule has 0 bridgehead atoms. The summed E-state index contributed by atoms with van der Waals surface area (Å²) in [4.78, 5) is 23.5. The Morgan fingerprint density at radius 2 is 2.00 bits per heavy atom. The topological polar surface area (TPSA) is 57.0 Å². The van der Waals surface area contributed by atoms with Crippen LogP contribution in [0.25, 0.3) is 26.1 Å². The molecule has 0 aliphatic carbocycles. The molecule has 0 saturated carbocycles. The Kier molecular flexibility index (Phi) is 4.26. The molecule has 4 aromatic rings. The standard InChI is InChI=1S/C21H17Cl2N3O2S/c1-10-14-9-28-21(2,3)8-13(14)15-16-17(29-18(15)24-10)19(27)26(20(23)25-16)12-6-4-5-11(22)7-12/h4-7H,8-9H2,1-3H3. The first-order valence-electron chi connectivity index (χ1n) is 9.18. The van der Waals surface area contributed by atoms with Crippen LogP contribution in [0.1, 0.15) is 30.7 Å². The first kappa shape index (κ1) is 19.0. The summed E-state index contributed by atoms with van der Waals surface area (Å²) in [5, 5.41) is 1.54. The monoisotopic (exact) mass is 445 g/mol. The molecule has 0 atom stereocenters. The quantitative estimate of drug-likeness (QED) is 0.364. The molecule has 0 N–H and O–H groups in total. The van der Waals surface area contributed by atoms with E-state index in [9.17, 15) is 4.79 Å². The molecule has 0 radical (unpaired) electrons. The normalized spacial score (nSPS) is 15.8. The second-order valence-corrected chi connectivity index (χ2v) is 9.61. The van der Waals surface area contributed by atoms with Crippen molar-refractivity contribution in [3.63, 3.8) is 0 Å². The van der Waals surface area contributed by atoms with Crippen molar-refractivity contribution in [3.05, 3.63) is 61.7 Å². The Labute approximate surface area is 180 Å². The predicted molar refractivity (Wildman–Crippen MR) is 118 cm³/mol. The number of thiophene rings is 1. The highest BCUT2D eigenvalue weighted by Crippen LogP contribution is 2.40. The maximum absolute atomic E-state index is 13.4. The van der Waals surface area contributed by atoms with Crippen LogP contribution in [-0.4, -0.2) is 20.1 Å². The van der Waals surface area contributed by atoms with Crippen LogP contribution in [0, 0.1) is 6.92 Å². The van der Waals surface area contributed by atoms with Gasteiger partial charge in [0.05, 0.1) is 23.4 Å². The van der Waals surface area contributed by atoms with Gasteiger partial charge in [-0.3, -0.25) is 4.79 Å². The molecule has 0 unspecified atom stereocenters. The van der Waals surface area contributed by atoms with Crippen LogP contribution in [0.5, 0.6) is 0 Å². The largest absolute Gasteiger partial charge is 0.370 e. The molecule has 0 fully saturated rings. The molecule has 3 aromatic heterocycles. The van der Waals surface area contributed by atoms with E-state index in [0.717, 1.165) is 33.5 Å². The van der Waals surface area contributed by atoms with Crippen molar-refractivity contribution in [2.75, 3.05) is 0 Å². The van der Waals surface area contributed by atoms with Crippen molar-refractivity contribution in [1.29, 1.82) is 0 Å². The second kappa shape index (κ2) is 6.51. The molecule has 1 aliphatic heterocycles. The van der Waals surface area contributed by atoms with E-state index in [1.54, 1.807) is 24.3 Å². The number of nitrogens with zero attached hydrogens (tertiary/aromatic N) is 3. The summed E-state index contributed by atoms with van der Waals surface area (Å²) in [6, 6.07) is 7.00. The number of fused-ring (bicyclic) bond motifs is 5. The van der Waals surface area contributed by atoms with Gasteiger partial charge in [-0.1, -0.05) is 17.7 Å². The van der Waals surface area contributed by atoms with Crippen LogP contribution in [-0.2, 0) is 17.8 Å². The van der Waals surface area contributed by atoms with Gasteiger partial charge in [0.1, 0.15) is 9.53 Å². The Bertz CT molecular complexity index is 1370. The Morgan fingerprint density at radius 3 is 2.76 bits per heavy atom. The summed E-state index contributed by atoms with van der Waals surface area (Å²) in [5.41, 5.74) is 3.84. The molecule has 0 saturated heterocycles. The molecule has 4 heterocycles. The minimum absolute atomic E-state index is 0.102. The van der Waals surface area contributed by atoms with Crippen molar-refractivity contribution in [2.45, 2.75) is 39.4 Å². The summed E-state index contributed by atoms with van der Waals surface area (Å²) in [6.45, 7) is 6.62. The van der Waals surface area contributed by atoms with Gasteiger partial charge in [0.15, 0.2) is 0 Å². The van der Waals surface area contributed by atoms with Crippen LogP contribution in [0.3, 0.4) is 0 Å². The lowest BCUT2D eigenvalue weighted by Gasteiger charge is -2.32. The zero-order valence-corrected chi connectivity index (χ0v) is 18.4. The Balaban J connectivity index is 1.87. The number of hydrogen-bond acceptors (Lipinski definition) is 5. The number of aryl methyl sites for hydroxylation is 1. The van der Waals surface area contributed by atoms with Gasteiger partial charge < -0.3 is 4.74 Å². The number of pyridine rings is 1. The first-order chi connectivity index (χ1) is 13.7. The average Bonchev–Trinajstić information content (AvgIpc) is 2.99. The van der Waals surface area contributed by atoms with E-state index in [-0.39, 0.29) is 16.4 Å². The summed E-state index contributed by atoms with van der Waals surface area (Å²) in [6.07, 6.45) is 0.727. The lowest BCUT2D eigenvalue weighted by atomic mass is 9.89. The minimum Gasteiger partial charge on any atom is -0.370 e. The minimum atomic E-state index is -0.290. The van der Waals surface area contributed by atoms with E-state index >= 15 is 0 Å². The third kappa shape index (κ3) is 2.97. The van der Waals surface area contributed by atoms with Crippen LogP contribution in [0.4, 0.5) is 0 Å². The van der Waals surface area contributed by atoms with Gasteiger partial charge in [-0.15, -0.1) is 11.3 Å². The average molecular weight is 446 g/mol. The maximum atomic E-state index is 13.4. The predicted octanol–water partition coefficient (Wildman–Crippen LogP) is 5.46. The van der Waals surface area contributed by atoms with Gasteiger partial charge >= 0.3 is 0 Å². The lowest BCUT2D eigenvalue weighted by molar-refractivity contribution is -0.0400. The fourth-order valence-corrected chi connectivity index (χ4v) is 5.46. The van der Waals surface area contributed by atoms with E-state index in [4.69, 9.17) is 32.9 Å². The van der Waals surface area contributed by atoms with E-state index in [0.29, 0.717) is 27.5 Å². The maximum Gasteiger partial charge on any atom is 0.277 e. The number of ether oxygens (including phenoxy) is 1. The highest BCUT2D eigenvalue weighted by molar-refractivity contribution is 7.25. The summed E-state index contributed by atoms with van der Waals surface area (Å²) >= 11 is 14.0. The third-order valence-electron chi connectivity index (χ3n) is 5.30. The van der Waals surface area contributed by atoms with Crippen LogP contribution in [0.2, 0.25) is 10.3 Å². The van der Waals surface area contributed by atoms with E-state index < -0.39 is 0 Å². The summed E-state index contributed by atoms with van der Waals surface area (Å²) in [5.74, 6) is 0. The Morgan fingerprint density at radius 1 is 1.21 bits per heavy atom. The van der Waals surface area contributed by atoms with Crippen LogP contribution < -0.4 is 5.56 Å². The van der Waals surface area contributed by atoms with Crippen molar-refractivity contribution in [2.24, 2.45) is 0 Å². The molecule has 0 amide bonds. The zero-order chi connectivity index (χ0) is 20.5. The van der Waals surface area contributed by atoms with Gasteiger partial charge in [0, 0.05) is 28.1 Å². The molecule has 0 spiro atoms. The van der Waals surface area contributed by atoms with E-state index in [1.807, 2.05) is 6.92 Å². The van der Waals surface area contributed by atoms with E-state index in [2.05, 4.69) is 18.8 Å². The molecule has 5 nitrogen and oxygen atoms in total. The molecular weight excluding hydrogens is 429 g/mol.